The van der Waals surface area contributed by atoms with Crippen molar-refractivity contribution in [3.8, 4) is 0 Å². The van der Waals surface area contributed by atoms with E-state index in [9.17, 15) is 5.11 Å². The van der Waals surface area contributed by atoms with Gasteiger partial charge in [0.05, 0.1) is 22.2 Å². The van der Waals surface area contributed by atoms with E-state index in [-0.39, 0.29) is 19.0 Å². The summed E-state index contributed by atoms with van der Waals surface area (Å²) in [5.41, 5.74) is 0.350. The highest BCUT2D eigenvalue weighted by molar-refractivity contribution is 6.42. The van der Waals surface area contributed by atoms with Crippen molar-refractivity contribution < 1.29 is 5.11 Å². The van der Waals surface area contributed by atoms with E-state index in [0.717, 1.165) is 5.56 Å². The number of nitrogens with one attached hydrogen (secondary N) is 1. The highest BCUT2D eigenvalue weighted by atomic mass is 35.5. The Morgan fingerprint density at radius 3 is 2.47 bits per heavy atom. The lowest BCUT2D eigenvalue weighted by atomic mass is 9.87. The molecule has 96 valence electrons. The first-order valence-electron chi connectivity index (χ1n) is 4.96. The van der Waals surface area contributed by atoms with Crippen LogP contribution in [0.4, 0.5) is 0 Å². The zero-order chi connectivity index (χ0) is 12.2. The molecule has 0 aliphatic rings. The third kappa shape index (κ3) is 3.60. The summed E-state index contributed by atoms with van der Waals surface area (Å²) in [6.45, 7) is 3.66. The Bertz CT molecular complexity index is 378. The van der Waals surface area contributed by atoms with Gasteiger partial charge in [-0.05, 0) is 31.2 Å². The van der Waals surface area contributed by atoms with Gasteiger partial charge in [-0.25, -0.2) is 0 Å². The van der Waals surface area contributed by atoms with Crippen molar-refractivity contribution >= 4 is 35.6 Å². The molecule has 2 N–H and O–H groups in total. The van der Waals surface area contributed by atoms with Gasteiger partial charge in [-0.3, -0.25) is 0 Å². The van der Waals surface area contributed by atoms with Gasteiger partial charge in [-0.15, -0.1) is 19.0 Å². The molecule has 1 rings (SSSR count). The first kappa shape index (κ1) is 16.8. The second-order valence-electron chi connectivity index (χ2n) is 3.61. The molecule has 2 nitrogen and oxygen atoms in total. The van der Waals surface area contributed by atoms with Crippen LogP contribution >= 0.6 is 35.6 Å². The van der Waals surface area contributed by atoms with E-state index in [2.05, 4.69) is 11.9 Å². The zero-order valence-electron chi connectivity index (χ0n) is 9.54. The Kier molecular flexibility index (Phi) is 7.14. The van der Waals surface area contributed by atoms with E-state index in [0.29, 0.717) is 16.5 Å². The maximum atomic E-state index is 9.53. The summed E-state index contributed by atoms with van der Waals surface area (Å²) < 4.78 is 0. The average Bonchev–Trinajstić information content (AvgIpc) is 2.30. The molecule has 0 aliphatic carbocycles. The number of aliphatic hydroxyl groups is 1. The molecule has 0 radical (unpaired) electrons. The van der Waals surface area contributed by atoms with Crippen LogP contribution < -0.4 is 5.32 Å². The lowest BCUT2D eigenvalue weighted by Crippen LogP contribution is -2.43. The third-order valence-corrected chi connectivity index (χ3v) is 3.45. The number of likely N-dealkylation sites (N-methyl/N-ethyl adjacent to an activating group) is 1. The number of aliphatic hydroxyl groups excluding tert-OH is 1. The highest BCUT2D eigenvalue weighted by Gasteiger charge is 2.28. The van der Waals surface area contributed by atoms with Crippen LogP contribution in [-0.2, 0) is 5.54 Å². The summed E-state index contributed by atoms with van der Waals surface area (Å²) in [6.07, 6.45) is 2.37. The van der Waals surface area contributed by atoms with Gasteiger partial charge in [-0.1, -0.05) is 35.3 Å². The molecule has 0 saturated heterocycles. The van der Waals surface area contributed by atoms with Crippen LogP contribution in [0.3, 0.4) is 0 Å². The van der Waals surface area contributed by atoms with Crippen LogP contribution in [0.25, 0.3) is 0 Å². The summed E-state index contributed by atoms with van der Waals surface area (Å²) >= 11 is 11.8. The quantitative estimate of drug-likeness (QED) is 0.816. The van der Waals surface area contributed by atoms with Gasteiger partial charge >= 0.3 is 0 Å². The summed E-state index contributed by atoms with van der Waals surface area (Å²) in [4.78, 5) is 0. The molecule has 0 amide bonds. The predicted octanol–water partition coefficient (Wildman–Crippen LogP) is 3.40. The van der Waals surface area contributed by atoms with Gasteiger partial charge in [0.15, 0.2) is 0 Å². The van der Waals surface area contributed by atoms with Gasteiger partial charge in [0, 0.05) is 0 Å². The van der Waals surface area contributed by atoms with Crippen LogP contribution in [0.5, 0.6) is 0 Å². The molecular weight excluding hydrogens is 280 g/mol. The second-order valence-corrected chi connectivity index (χ2v) is 4.43. The molecule has 1 aromatic rings. The van der Waals surface area contributed by atoms with Crippen LogP contribution in [0.2, 0.25) is 10.0 Å². The minimum atomic E-state index is -0.546. The van der Waals surface area contributed by atoms with Crippen molar-refractivity contribution in [2.75, 3.05) is 13.7 Å². The number of halogens is 3. The van der Waals surface area contributed by atoms with Crippen LogP contribution in [-0.4, -0.2) is 18.8 Å². The number of hydrogen-bond donors (Lipinski definition) is 2. The monoisotopic (exact) mass is 295 g/mol. The van der Waals surface area contributed by atoms with Crippen LogP contribution in [0.15, 0.2) is 30.9 Å². The van der Waals surface area contributed by atoms with E-state index < -0.39 is 5.54 Å². The van der Waals surface area contributed by atoms with E-state index in [1.165, 1.54) is 0 Å². The van der Waals surface area contributed by atoms with E-state index in [1.807, 2.05) is 6.07 Å². The summed E-state index contributed by atoms with van der Waals surface area (Å²) in [5, 5.41) is 13.6. The minimum absolute atomic E-state index is 0. The molecule has 0 fully saturated rings. The van der Waals surface area contributed by atoms with Gasteiger partial charge in [0.1, 0.15) is 0 Å². The van der Waals surface area contributed by atoms with Gasteiger partial charge < -0.3 is 10.4 Å². The van der Waals surface area contributed by atoms with Crippen LogP contribution in [0, 0.1) is 0 Å². The number of rotatable bonds is 5. The average molecular weight is 297 g/mol. The second kappa shape index (κ2) is 7.24. The SMILES string of the molecule is C=CCC(CO)(NC)c1ccc(Cl)c(Cl)c1.Cl. The molecule has 1 unspecified atom stereocenters. The van der Waals surface area contributed by atoms with Gasteiger partial charge in [0.2, 0.25) is 0 Å². The lowest BCUT2D eigenvalue weighted by Gasteiger charge is -2.31. The molecule has 0 heterocycles. The zero-order valence-corrected chi connectivity index (χ0v) is 11.9. The van der Waals surface area contributed by atoms with E-state index in [4.69, 9.17) is 23.2 Å². The maximum absolute atomic E-state index is 9.53. The van der Waals surface area contributed by atoms with Crippen molar-refractivity contribution in [3.63, 3.8) is 0 Å². The normalized spacial score (nSPS) is 13.6. The molecule has 0 saturated carbocycles. The van der Waals surface area contributed by atoms with Crippen molar-refractivity contribution in [2.45, 2.75) is 12.0 Å². The number of hydrogen-bond acceptors (Lipinski definition) is 2. The molecule has 0 spiro atoms. The summed E-state index contributed by atoms with van der Waals surface area (Å²) in [5.74, 6) is 0. The van der Waals surface area contributed by atoms with Crippen molar-refractivity contribution in [1.29, 1.82) is 0 Å². The topological polar surface area (TPSA) is 32.3 Å². The minimum Gasteiger partial charge on any atom is -0.394 e. The van der Waals surface area contributed by atoms with Crippen molar-refractivity contribution in [1.82, 2.24) is 5.32 Å². The molecule has 1 atom stereocenters. The Balaban J connectivity index is 0.00000256. The standard InChI is InChI=1S/C12H15Cl2NO.ClH/c1-3-6-12(8-16,15-2)9-4-5-10(13)11(14)7-9;/h3-5,7,15-16H,1,6,8H2,2H3;1H. The molecule has 0 aromatic heterocycles. The van der Waals surface area contributed by atoms with Crippen molar-refractivity contribution in [3.05, 3.63) is 46.5 Å². The fourth-order valence-electron chi connectivity index (χ4n) is 1.64. The first-order valence-corrected chi connectivity index (χ1v) is 5.71. The Labute approximate surface area is 118 Å². The summed E-state index contributed by atoms with van der Waals surface area (Å²) in [6, 6.07) is 5.34. The molecule has 1 aromatic carbocycles. The molecule has 5 heteroatoms. The molecule has 17 heavy (non-hydrogen) atoms. The lowest BCUT2D eigenvalue weighted by molar-refractivity contribution is 0.170. The molecular formula is C12H16Cl3NO. The van der Waals surface area contributed by atoms with Crippen molar-refractivity contribution in [2.24, 2.45) is 0 Å². The van der Waals surface area contributed by atoms with Gasteiger partial charge in [-0.2, -0.15) is 0 Å². The summed E-state index contributed by atoms with van der Waals surface area (Å²) in [7, 11) is 1.79. The fraction of sp³-hybridized carbons (Fsp3) is 0.333. The largest absolute Gasteiger partial charge is 0.394 e. The van der Waals surface area contributed by atoms with E-state index >= 15 is 0 Å². The third-order valence-electron chi connectivity index (χ3n) is 2.71. The Morgan fingerprint density at radius 1 is 1.41 bits per heavy atom. The molecule has 0 aliphatic heterocycles. The van der Waals surface area contributed by atoms with Gasteiger partial charge in [0.25, 0.3) is 0 Å². The predicted molar refractivity (Wildman–Crippen MR) is 76.3 cm³/mol. The maximum Gasteiger partial charge on any atom is 0.0701 e. The number of benzene rings is 1. The fourth-order valence-corrected chi connectivity index (χ4v) is 1.94. The van der Waals surface area contributed by atoms with Crippen LogP contribution in [0.1, 0.15) is 12.0 Å². The smallest absolute Gasteiger partial charge is 0.0701 e. The Hall–Kier alpha value is -0.250. The van der Waals surface area contributed by atoms with E-state index in [1.54, 1.807) is 25.3 Å². The first-order chi connectivity index (χ1) is 7.59. The Morgan fingerprint density at radius 2 is 2.06 bits per heavy atom. The molecule has 0 bridgehead atoms. The highest BCUT2D eigenvalue weighted by Crippen LogP contribution is 2.30.